The molecule has 2 aromatic heterocycles. The average Bonchev–Trinajstić information content (AvgIpc) is 3.55. The number of allylic oxidation sites excluding steroid dienone is 2. The number of benzene rings is 2. The summed E-state index contributed by atoms with van der Waals surface area (Å²) in [5, 5.41) is 2.38. The third-order valence-electron chi connectivity index (χ3n) is 7.95. The van der Waals surface area contributed by atoms with Crippen molar-refractivity contribution in [3.05, 3.63) is 123 Å². The molecule has 0 saturated carbocycles. The van der Waals surface area contributed by atoms with Crippen LogP contribution in [0.4, 0.5) is 0 Å². The second-order valence-electron chi connectivity index (χ2n) is 11.2. The van der Waals surface area contributed by atoms with Gasteiger partial charge in [-0.05, 0) is 36.0 Å². The van der Waals surface area contributed by atoms with Crippen molar-refractivity contribution in [1.29, 1.82) is 0 Å². The monoisotopic (exact) mass is 584 g/mol. The minimum atomic E-state index is -0.896. The van der Waals surface area contributed by atoms with Crippen LogP contribution in [0, 0.1) is 5.92 Å². The van der Waals surface area contributed by atoms with Crippen LogP contribution in [0.1, 0.15) is 42.4 Å². The first kappa shape index (κ1) is 28.7. The number of H-pyrrole nitrogens is 1. The van der Waals surface area contributed by atoms with Crippen molar-refractivity contribution in [2.45, 2.75) is 57.4 Å². The lowest BCUT2D eigenvalue weighted by Crippen LogP contribution is -2.47. The SMILES string of the molecule is CC1C=C(CO[C@]2(C)[C@H](OCc3ccccc3)[C@@H](COCc3ccccc3)O[C@H]2c2scc3c(=O)[nH]cnc23)C=CC1. The number of aromatic nitrogens is 2. The number of fused-ring (bicyclic) bond motifs is 1. The molecule has 42 heavy (non-hydrogen) atoms. The quantitative estimate of drug-likeness (QED) is 0.216. The lowest BCUT2D eigenvalue weighted by atomic mass is 9.90. The first-order chi connectivity index (χ1) is 20.5. The Balaban J connectivity index is 1.34. The van der Waals surface area contributed by atoms with Gasteiger partial charge in [-0.15, -0.1) is 11.3 Å². The van der Waals surface area contributed by atoms with Crippen molar-refractivity contribution in [2.24, 2.45) is 5.92 Å². The maximum absolute atomic E-state index is 12.6. The highest BCUT2D eigenvalue weighted by molar-refractivity contribution is 7.11. The van der Waals surface area contributed by atoms with Gasteiger partial charge in [-0.2, -0.15) is 0 Å². The minimum absolute atomic E-state index is 0.172. The van der Waals surface area contributed by atoms with E-state index in [2.05, 4.69) is 42.0 Å². The lowest BCUT2D eigenvalue weighted by molar-refractivity contribution is -0.134. The van der Waals surface area contributed by atoms with Crippen molar-refractivity contribution in [1.82, 2.24) is 9.97 Å². The third-order valence-corrected chi connectivity index (χ3v) is 8.97. The maximum atomic E-state index is 12.6. The number of thiophene rings is 1. The topological polar surface area (TPSA) is 82.7 Å². The minimum Gasteiger partial charge on any atom is -0.374 e. The van der Waals surface area contributed by atoms with Crippen LogP contribution in [-0.2, 0) is 32.2 Å². The van der Waals surface area contributed by atoms with Crippen LogP contribution in [0.25, 0.3) is 10.9 Å². The summed E-state index contributed by atoms with van der Waals surface area (Å²) in [5.74, 6) is 0.457. The van der Waals surface area contributed by atoms with Gasteiger partial charge in [-0.3, -0.25) is 4.79 Å². The molecule has 5 atom stereocenters. The molecule has 1 N–H and O–H groups in total. The Morgan fingerprint density at radius 2 is 1.79 bits per heavy atom. The number of aromatic amines is 1. The van der Waals surface area contributed by atoms with Crippen LogP contribution in [-0.4, -0.2) is 41.0 Å². The van der Waals surface area contributed by atoms with Crippen molar-refractivity contribution in [3.8, 4) is 0 Å². The first-order valence-electron chi connectivity index (χ1n) is 14.4. The number of nitrogens with one attached hydrogen (secondary N) is 1. The molecule has 8 heteroatoms. The fraction of sp³-hybridized carbons (Fsp3) is 0.353. The number of nitrogens with zero attached hydrogens (tertiary/aromatic N) is 1. The van der Waals surface area contributed by atoms with E-state index in [-0.39, 0.29) is 5.56 Å². The van der Waals surface area contributed by atoms with Gasteiger partial charge in [0.1, 0.15) is 23.9 Å². The van der Waals surface area contributed by atoms with E-state index in [0.29, 0.717) is 43.2 Å². The van der Waals surface area contributed by atoms with Crippen LogP contribution in [0.3, 0.4) is 0 Å². The average molecular weight is 585 g/mol. The van der Waals surface area contributed by atoms with Crippen LogP contribution in [0.2, 0.25) is 0 Å². The Hall–Kier alpha value is -3.40. The van der Waals surface area contributed by atoms with Crippen LogP contribution < -0.4 is 5.56 Å². The fourth-order valence-electron chi connectivity index (χ4n) is 5.74. The Labute approximate surface area is 249 Å². The molecule has 1 aliphatic heterocycles. The highest BCUT2D eigenvalue weighted by Crippen LogP contribution is 2.49. The summed E-state index contributed by atoms with van der Waals surface area (Å²) in [6.07, 6.45) is 7.66. The van der Waals surface area contributed by atoms with E-state index < -0.39 is 23.9 Å². The number of hydrogen-bond donors (Lipinski definition) is 1. The highest BCUT2D eigenvalue weighted by atomic mass is 32.1. The van der Waals surface area contributed by atoms with Crippen LogP contribution in [0.15, 0.2) is 101 Å². The van der Waals surface area contributed by atoms with Gasteiger partial charge in [0.25, 0.3) is 5.56 Å². The molecule has 7 nitrogen and oxygen atoms in total. The molecule has 2 aliphatic rings. The van der Waals surface area contributed by atoms with Crippen LogP contribution in [0.5, 0.6) is 0 Å². The summed E-state index contributed by atoms with van der Waals surface area (Å²) in [5.41, 5.74) is 2.84. The molecule has 1 saturated heterocycles. The third kappa shape index (κ3) is 6.19. The molecule has 0 spiro atoms. The molecular formula is C34H36N2O5S. The predicted octanol–water partition coefficient (Wildman–Crippen LogP) is 6.52. The summed E-state index contributed by atoms with van der Waals surface area (Å²) in [7, 11) is 0. The van der Waals surface area contributed by atoms with Crippen molar-refractivity contribution < 1.29 is 18.9 Å². The maximum Gasteiger partial charge on any atom is 0.259 e. The van der Waals surface area contributed by atoms with Crippen LogP contribution >= 0.6 is 11.3 Å². The molecule has 1 fully saturated rings. The Bertz CT molecular complexity index is 1600. The predicted molar refractivity (Wildman–Crippen MR) is 164 cm³/mol. The molecule has 1 unspecified atom stereocenters. The Morgan fingerprint density at radius 1 is 1.05 bits per heavy atom. The van der Waals surface area contributed by atoms with Gasteiger partial charge >= 0.3 is 0 Å². The summed E-state index contributed by atoms with van der Waals surface area (Å²) in [4.78, 5) is 20.6. The molecule has 1 aliphatic carbocycles. The van der Waals surface area contributed by atoms with E-state index in [1.165, 1.54) is 17.7 Å². The zero-order valence-corrected chi connectivity index (χ0v) is 24.7. The van der Waals surface area contributed by atoms with E-state index in [9.17, 15) is 4.79 Å². The zero-order valence-electron chi connectivity index (χ0n) is 23.9. The molecular weight excluding hydrogens is 548 g/mol. The molecule has 0 radical (unpaired) electrons. The van der Waals surface area contributed by atoms with E-state index in [0.717, 1.165) is 28.0 Å². The molecule has 218 valence electrons. The second-order valence-corrected chi connectivity index (χ2v) is 12.1. The van der Waals surface area contributed by atoms with Gasteiger partial charge in [-0.1, -0.05) is 85.8 Å². The largest absolute Gasteiger partial charge is 0.374 e. The van der Waals surface area contributed by atoms with Gasteiger partial charge in [0.05, 0.1) is 48.5 Å². The normalized spacial score (nSPS) is 25.6. The summed E-state index contributed by atoms with van der Waals surface area (Å²) < 4.78 is 26.6. The number of hydrogen-bond acceptors (Lipinski definition) is 7. The highest BCUT2D eigenvalue weighted by Gasteiger charge is 2.57. The molecule has 3 heterocycles. The molecule has 0 amide bonds. The molecule has 6 rings (SSSR count). The van der Waals surface area contributed by atoms with Gasteiger partial charge < -0.3 is 23.9 Å². The second kappa shape index (κ2) is 12.9. The fourth-order valence-corrected chi connectivity index (χ4v) is 6.90. The standard InChI is InChI=1S/C34H36N2O5S/c1-23-10-9-15-26(16-23)19-40-34(2)31(39-18-25-13-7-4-8-14-25)28(20-38-17-24-11-5-3-6-12-24)41-32(34)30-29-27(21-42-30)33(37)36-22-35-29/h3-9,11-16,21-23,28,31-32H,10,17-20H2,1-2H3,(H,35,36,37)/t23?,28-,31-,32+,34-/m1/s1. The number of ether oxygens (including phenoxy) is 4. The number of rotatable bonds is 11. The summed E-state index contributed by atoms with van der Waals surface area (Å²) >= 11 is 1.47. The molecule has 4 aromatic rings. The molecule has 0 bridgehead atoms. The van der Waals surface area contributed by atoms with E-state index >= 15 is 0 Å². The van der Waals surface area contributed by atoms with Crippen molar-refractivity contribution in [3.63, 3.8) is 0 Å². The Morgan fingerprint density at radius 3 is 2.52 bits per heavy atom. The van der Waals surface area contributed by atoms with Gasteiger partial charge in [0.15, 0.2) is 0 Å². The summed E-state index contributed by atoms with van der Waals surface area (Å²) in [6.45, 7) is 5.86. The van der Waals surface area contributed by atoms with E-state index in [1.807, 2.05) is 66.0 Å². The van der Waals surface area contributed by atoms with E-state index in [1.54, 1.807) is 0 Å². The summed E-state index contributed by atoms with van der Waals surface area (Å²) in [6, 6.07) is 20.2. The smallest absolute Gasteiger partial charge is 0.259 e. The van der Waals surface area contributed by atoms with Gasteiger partial charge in [-0.25, -0.2) is 4.98 Å². The van der Waals surface area contributed by atoms with Crippen molar-refractivity contribution >= 4 is 22.2 Å². The molecule has 2 aromatic carbocycles. The zero-order chi connectivity index (χ0) is 28.9. The lowest BCUT2D eigenvalue weighted by Gasteiger charge is -2.35. The first-order valence-corrected chi connectivity index (χ1v) is 15.3. The van der Waals surface area contributed by atoms with Crippen molar-refractivity contribution in [2.75, 3.05) is 13.2 Å². The van der Waals surface area contributed by atoms with Gasteiger partial charge in [0.2, 0.25) is 0 Å². The van der Waals surface area contributed by atoms with Gasteiger partial charge in [0, 0.05) is 5.38 Å². The Kier molecular flexibility index (Phi) is 8.79. The van der Waals surface area contributed by atoms with E-state index in [4.69, 9.17) is 18.9 Å².